The number of aromatic nitrogens is 1. The number of methoxy groups -OCH3 is 2. The molecule has 10 heteroatoms. The van der Waals surface area contributed by atoms with Crippen LogP contribution in [0.2, 0.25) is 5.02 Å². The number of nitrogens with one attached hydrogen (secondary N) is 2. The van der Waals surface area contributed by atoms with Gasteiger partial charge in [-0.25, -0.2) is 4.98 Å². The van der Waals surface area contributed by atoms with Crippen molar-refractivity contribution in [2.75, 3.05) is 24.9 Å². The van der Waals surface area contributed by atoms with Crippen molar-refractivity contribution in [3.8, 4) is 22.8 Å². The fourth-order valence-corrected chi connectivity index (χ4v) is 6.19. The van der Waals surface area contributed by atoms with Crippen LogP contribution in [0.1, 0.15) is 21.2 Å². The van der Waals surface area contributed by atoms with Crippen molar-refractivity contribution in [2.24, 2.45) is 0 Å². The fraction of sp³-hybridized carbons (Fsp3) is 0.0938. The van der Waals surface area contributed by atoms with Gasteiger partial charge in [0.25, 0.3) is 5.91 Å². The van der Waals surface area contributed by atoms with Crippen molar-refractivity contribution in [2.45, 2.75) is 10.1 Å². The molecule has 2 N–H and O–H groups in total. The Hall–Kier alpha value is -4.31. The minimum absolute atomic E-state index is 0.217. The number of thiazole rings is 1. The van der Waals surface area contributed by atoms with Gasteiger partial charge in [-0.1, -0.05) is 66.2 Å². The first-order valence-corrected chi connectivity index (χ1v) is 14.9. The molecule has 7 nitrogen and oxygen atoms in total. The molecule has 0 aliphatic rings. The van der Waals surface area contributed by atoms with E-state index in [2.05, 4.69) is 15.6 Å². The molecule has 1 aromatic heterocycles. The standard InChI is InChI=1S/C32H26ClN3O4S2/c1-39-27-16-15-21(17-28(27)40-2)30(37)34-22-11-8-12-23(18-22)42-29(20-9-4-3-5-10-20)31(38)36-32-35-26(19-41-32)24-13-6-7-14-25(24)33/h3-19,29H,1-2H3,(H,34,37)(H,35,36,38). The second kappa shape index (κ2) is 13.6. The molecule has 1 heterocycles. The van der Waals surface area contributed by atoms with Crippen molar-refractivity contribution in [3.63, 3.8) is 0 Å². The SMILES string of the molecule is COc1ccc(C(=O)Nc2cccc(SC(C(=O)Nc3nc(-c4ccccc4Cl)cs3)c3ccccc3)c2)cc1OC. The molecule has 0 fully saturated rings. The lowest BCUT2D eigenvalue weighted by atomic mass is 10.1. The third-order valence-corrected chi connectivity index (χ3v) is 8.55. The van der Waals surface area contributed by atoms with E-state index in [1.165, 1.54) is 30.2 Å². The number of halogens is 1. The Balaban J connectivity index is 1.33. The summed E-state index contributed by atoms with van der Waals surface area (Å²) in [4.78, 5) is 32.0. The molecule has 1 unspecified atom stereocenters. The van der Waals surface area contributed by atoms with Crippen LogP contribution in [-0.4, -0.2) is 31.0 Å². The Morgan fingerprint density at radius 1 is 0.857 bits per heavy atom. The fourth-order valence-electron chi connectivity index (χ4n) is 4.16. The van der Waals surface area contributed by atoms with Gasteiger partial charge in [-0.05, 0) is 48.0 Å². The van der Waals surface area contributed by atoms with Crippen LogP contribution >= 0.6 is 34.7 Å². The summed E-state index contributed by atoms with van der Waals surface area (Å²) in [6, 6.07) is 29.3. The van der Waals surface area contributed by atoms with Gasteiger partial charge in [-0.3, -0.25) is 9.59 Å². The third-order valence-electron chi connectivity index (χ3n) is 6.22. The van der Waals surface area contributed by atoms with E-state index in [0.29, 0.717) is 38.6 Å². The number of hydrogen-bond donors (Lipinski definition) is 2. The van der Waals surface area contributed by atoms with E-state index in [9.17, 15) is 9.59 Å². The van der Waals surface area contributed by atoms with Crippen LogP contribution in [0.15, 0.2) is 107 Å². The molecule has 2 amide bonds. The molecular weight excluding hydrogens is 590 g/mol. The summed E-state index contributed by atoms with van der Waals surface area (Å²) in [6.45, 7) is 0. The minimum Gasteiger partial charge on any atom is -0.493 e. The average molecular weight is 616 g/mol. The van der Waals surface area contributed by atoms with Gasteiger partial charge < -0.3 is 20.1 Å². The van der Waals surface area contributed by atoms with E-state index >= 15 is 0 Å². The Morgan fingerprint density at radius 2 is 1.62 bits per heavy atom. The van der Waals surface area contributed by atoms with Crippen molar-refractivity contribution in [1.29, 1.82) is 0 Å². The summed E-state index contributed by atoms with van der Waals surface area (Å²) in [6.07, 6.45) is 0. The molecule has 5 rings (SSSR count). The lowest BCUT2D eigenvalue weighted by Crippen LogP contribution is -2.19. The summed E-state index contributed by atoms with van der Waals surface area (Å²) in [7, 11) is 3.06. The molecule has 0 radical (unpaired) electrons. The van der Waals surface area contributed by atoms with Crippen molar-refractivity contribution in [1.82, 2.24) is 4.98 Å². The molecule has 0 bridgehead atoms. The van der Waals surface area contributed by atoms with Crippen LogP contribution in [0.3, 0.4) is 0 Å². The number of nitrogens with zero attached hydrogens (tertiary/aromatic N) is 1. The number of amides is 2. The summed E-state index contributed by atoms with van der Waals surface area (Å²) in [5, 5.41) is 8.26. The predicted molar refractivity (Wildman–Crippen MR) is 170 cm³/mol. The highest BCUT2D eigenvalue weighted by Gasteiger charge is 2.24. The lowest BCUT2D eigenvalue weighted by Gasteiger charge is -2.17. The number of ether oxygens (including phenoxy) is 2. The van der Waals surface area contributed by atoms with E-state index in [1.54, 1.807) is 37.4 Å². The number of benzene rings is 4. The number of anilines is 2. The highest BCUT2D eigenvalue weighted by molar-refractivity contribution is 8.00. The minimum atomic E-state index is -0.573. The van der Waals surface area contributed by atoms with Crippen molar-refractivity contribution >= 4 is 57.3 Å². The first-order chi connectivity index (χ1) is 20.4. The van der Waals surface area contributed by atoms with Crippen LogP contribution in [-0.2, 0) is 4.79 Å². The Morgan fingerprint density at radius 3 is 2.38 bits per heavy atom. The van der Waals surface area contributed by atoms with Gasteiger partial charge in [0.05, 0.1) is 19.9 Å². The van der Waals surface area contributed by atoms with E-state index in [-0.39, 0.29) is 11.8 Å². The molecule has 212 valence electrons. The number of thioether (sulfide) groups is 1. The molecule has 42 heavy (non-hydrogen) atoms. The van der Waals surface area contributed by atoms with Crippen LogP contribution in [0.4, 0.5) is 10.8 Å². The third kappa shape index (κ3) is 6.94. The molecule has 4 aromatic carbocycles. The Bertz CT molecular complexity index is 1710. The molecule has 0 spiro atoms. The Kier molecular flexibility index (Phi) is 9.43. The monoisotopic (exact) mass is 615 g/mol. The van der Waals surface area contributed by atoms with Gasteiger partial charge >= 0.3 is 0 Å². The van der Waals surface area contributed by atoms with Gasteiger partial charge in [-0.2, -0.15) is 0 Å². The largest absolute Gasteiger partial charge is 0.493 e. The van der Waals surface area contributed by atoms with Gasteiger partial charge in [0.15, 0.2) is 16.6 Å². The highest BCUT2D eigenvalue weighted by atomic mass is 35.5. The number of carbonyl (C=O) groups is 2. The molecule has 0 saturated heterocycles. The molecule has 0 aliphatic heterocycles. The lowest BCUT2D eigenvalue weighted by molar-refractivity contribution is -0.115. The molecular formula is C32H26ClN3O4S2. The maximum absolute atomic E-state index is 13.6. The van der Waals surface area contributed by atoms with Crippen LogP contribution < -0.4 is 20.1 Å². The zero-order valence-corrected chi connectivity index (χ0v) is 25.1. The summed E-state index contributed by atoms with van der Waals surface area (Å²) >= 11 is 9.05. The van der Waals surface area contributed by atoms with Crippen molar-refractivity contribution < 1.29 is 19.1 Å². The number of carbonyl (C=O) groups excluding carboxylic acids is 2. The van der Waals surface area contributed by atoms with Gasteiger partial charge in [0, 0.05) is 32.1 Å². The molecule has 5 aromatic rings. The number of rotatable bonds is 10. The molecule has 0 saturated carbocycles. The van der Waals surface area contributed by atoms with E-state index in [4.69, 9.17) is 21.1 Å². The second-order valence-corrected chi connectivity index (χ2v) is 11.4. The van der Waals surface area contributed by atoms with Crippen molar-refractivity contribution in [3.05, 3.63) is 119 Å². The second-order valence-electron chi connectivity index (χ2n) is 8.97. The zero-order chi connectivity index (χ0) is 29.5. The average Bonchev–Trinajstić information content (AvgIpc) is 3.48. The van der Waals surface area contributed by atoms with Gasteiger partial charge in [-0.15, -0.1) is 23.1 Å². The summed E-state index contributed by atoms with van der Waals surface area (Å²) in [5.74, 6) is 0.487. The topological polar surface area (TPSA) is 89.5 Å². The summed E-state index contributed by atoms with van der Waals surface area (Å²) < 4.78 is 10.6. The highest BCUT2D eigenvalue weighted by Crippen LogP contribution is 2.38. The summed E-state index contributed by atoms with van der Waals surface area (Å²) in [5.41, 5.74) is 3.35. The number of hydrogen-bond acceptors (Lipinski definition) is 7. The normalized spacial score (nSPS) is 11.4. The van der Waals surface area contributed by atoms with E-state index in [0.717, 1.165) is 16.0 Å². The van der Waals surface area contributed by atoms with E-state index < -0.39 is 5.25 Å². The maximum Gasteiger partial charge on any atom is 0.255 e. The molecule has 1 atom stereocenters. The van der Waals surface area contributed by atoms with E-state index in [1.807, 2.05) is 72.1 Å². The zero-order valence-electron chi connectivity index (χ0n) is 22.7. The first-order valence-electron chi connectivity index (χ1n) is 12.8. The quantitative estimate of drug-likeness (QED) is 0.154. The predicted octanol–water partition coefficient (Wildman–Crippen LogP) is 8.21. The van der Waals surface area contributed by atoms with Crippen LogP contribution in [0, 0.1) is 0 Å². The molecule has 0 aliphatic carbocycles. The van der Waals surface area contributed by atoms with Gasteiger partial charge in [0.1, 0.15) is 5.25 Å². The maximum atomic E-state index is 13.6. The van der Waals surface area contributed by atoms with Crippen LogP contribution in [0.5, 0.6) is 11.5 Å². The smallest absolute Gasteiger partial charge is 0.255 e. The Labute approximate surface area is 256 Å². The van der Waals surface area contributed by atoms with Crippen LogP contribution in [0.25, 0.3) is 11.3 Å². The van der Waals surface area contributed by atoms with Gasteiger partial charge in [0.2, 0.25) is 5.91 Å². The first kappa shape index (κ1) is 29.2.